The minimum absolute atomic E-state index is 0. The first-order chi connectivity index (χ1) is 12.1. The molecule has 0 amide bonds. The molecule has 0 bridgehead atoms. The molecule has 3 nitrogen and oxygen atoms in total. The minimum atomic E-state index is -0.563. The number of aliphatic hydroxyl groups is 1. The van der Waals surface area contributed by atoms with Gasteiger partial charge < -0.3 is 27.2 Å². The van der Waals surface area contributed by atoms with E-state index in [1.807, 2.05) is 36.4 Å². The molecule has 1 saturated heterocycles. The number of likely N-dealkylation sites (tertiary alicyclic amines) is 1. The topological polar surface area (TPSA) is 33.9 Å². The number of rotatable bonds is 2. The molecule has 0 aromatic heterocycles. The third kappa shape index (κ3) is 3.29. The zero-order valence-corrected chi connectivity index (χ0v) is 17.3. The summed E-state index contributed by atoms with van der Waals surface area (Å²) in [6.07, 6.45) is 2.99. The van der Waals surface area contributed by atoms with Gasteiger partial charge in [-0.05, 0) is 49.9 Å². The standard InChI is InChI=1S/C21H24BrNO2.ClH/c1-21(23-12-6-3-7-13-23)19(24)17-14-16(22)10-11-18(17)25-20(21)15-8-4-2-5-9-15;/h2,4-5,8-11,14,19-20,24H,3,6-7,12-13H2,1H3;1H. The van der Waals surface area contributed by atoms with Crippen LogP contribution in [0.5, 0.6) is 5.75 Å². The second-order valence-electron chi connectivity index (χ2n) is 7.44. The highest BCUT2D eigenvalue weighted by molar-refractivity contribution is 9.10. The van der Waals surface area contributed by atoms with Crippen LogP contribution in [0, 0.1) is 0 Å². The van der Waals surface area contributed by atoms with Crippen LogP contribution in [0.2, 0.25) is 0 Å². The fourth-order valence-electron chi connectivity index (χ4n) is 4.49. The summed E-state index contributed by atoms with van der Waals surface area (Å²) >= 11 is 3.54. The summed E-state index contributed by atoms with van der Waals surface area (Å²) < 4.78 is 7.49. The summed E-state index contributed by atoms with van der Waals surface area (Å²) in [7, 11) is 0. The normalized spacial score (nSPS) is 28.6. The summed E-state index contributed by atoms with van der Waals surface area (Å²) in [5.74, 6) is 0.790. The van der Waals surface area contributed by atoms with E-state index >= 15 is 0 Å². The van der Waals surface area contributed by atoms with Crippen molar-refractivity contribution in [2.75, 3.05) is 13.1 Å². The van der Waals surface area contributed by atoms with Crippen LogP contribution >= 0.6 is 15.9 Å². The van der Waals surface area contributed by atoms with Crippen molar-refractivity contribution >= 4 is 15.9 Å². The number of hydrogen-bond acceptors (Lipinski definition) is 2. The lowest BCUT2D eigenvalue weighted by Crippen LogP contribution is -3.22. The van der Waals surface area contributed by atoms with Crippen molar-refractivity contribution in [2.45, 2.75) is 43.9 Å². The number of ether oxygens (including phenoxy) is 1. The average Bonchev–Trinajstić information content (AvgIpc) is 2.66. The second kappa shape index (κ2) is 7.89. The highest BCUT2D eigenvalue weighted by Crippen LogP contribution is 2.46. The Balaban J connectivity index is 0.00000196. The Kier molecular flexibility index (Phi) is 5.97. The number of piperidine rings is 1. The molecule has 4 rings (SSSR count). The molecule has 0 aliphatic carbocycles. The van der Waals surface area contributed by atoms with Crippen molar-refractivity contribution in [3.8, 4) is 5.75 Å². The Hall–Kier alpha value is -1.07. The van der Waals surface area contributed by atoms with E-state index in [0.717, 1.165) is 34.4 Å². The monoisotopic (exact) mass is 437 g/mol. The molecular formula is C21H25BrClNO2. The third-order valence-corrected chi connectivity index (χ3v) is 6.44. The molecule has 2 aliphatic rings. The van der Waals surface area contributed by atoms with Crippen LogP contribution in [0.4, 0.5) is 0 Å². The Bertz CT molecular complexity index is 751. The van der Waals surface area contributed by atoms with Crippen LogP contribution in [0.3, 0.4) is 0 Å². The van der Waals surface area contributed by atoms with Crippen molar-refractivity contribution < 1.29 is 27.2 Å². The Labute approximate surface area is 169 Å². The first-order valence-corrected chi connectivity index (χ1v) is 9.94. The molecule has 3 unspecified atom stereocenters. The maximum Gasteiger partial charge on any atom is 0.181 e. The second-order valence-corrected chi connectivity index (χ2v) is 8.36. The van der Waals surface area contributed by atoms with Gasteiger partial charge in [-0.15, -0.1) is 0 Å². The molecule has 2 aliphatic heterocycles. The van der Waals surface area contributed by atoms with Crippen molar-refractivity contribution in [1.29, 1.82) is 0 Å². The molecule has 5 heteroatoms. The fraction of sp³-hybridized carbons (Fsp3) is 0.429. The van der Waals surface area contributed by atoms with Gasteiger partial charge in [-0.2, -0.15) is 0 Å². The zero-order chi connectivity index (χ0) is 17.4. The zero-order valence-electron chi connectivity index (χ0n) is 14.9. The first kappa shape index (κ1) is 19.7. The molecule has 3 atom stereocenters. The van der Waals surface area contributed by atoms with Crippen LogP contribution in [0.25, 0.3) is 0 Å². The molecule has 2 aromatic rings. The van der Waals surface area contributed by atoms with Gasteiger partial charge in [0.05, 0.1) is 13.1 Å². The first-order valence-electron chi connectivity index (χ1n) is 9.15. The van der Waals surface area contributed by atoms with E-state index in [1.54, 1.807) is 0 Å². The van der Waals surface area contributed by atoms with Crippen LogP contribution in [-0.4, -0.2) is 23.7 Å². The predicted molar refractivity (Wildman–Crippen MR) is 102 cm³/mol. The SMILES string of the molecule is CC1([NH+]2CCCCC2)C(O)c2cc(Br)ccc2OC1c1ccccc1.[Cl-]. The lowest BCUT2D eigenvalue weighted by molar-refractivity contribution is -0.965. The smallest absolute Gasteiger partial charge is 0.181 e. The predicted octanol–water partition coefficient (Wildman–Crippen LogP) is 0.448. The van der Waals surface area contributed by atoms with E-state index in [2.05, 4.69) is 35.0 Å². The van der Waals surface area contributed by atoms with Crippen LogP contribution in [0.1, 0.15) is 49.5 Å². The maximum atomic E-state index is 11.5. The lowest BCUT2D eigenvalue weighted by Gasteiger charge is -2.50. The molecule has 0 saturated carbocycles. The molecule has 2 N–H and O–H groups in total. The van der Waals surface area contributed by atoms with Gasteiger partial charge in [0, 0.05) is 10.0 Å². The van der Waals surface area contributed by atoms with Gasteiger partial charge in [-0.25, -0.2) is 0 Å². The van der Waals surface area contributed by atoms with E-state index in [9.17, 15) is 5.11 Å². The van der Waals surface area contributed by atoms with E-state index in [0.29, 0.717) is 0 Å². The number of benzene rings is 2. The summed E-state index contributed by atoms with van der Waals surface area (Å²) in [5, 5.41) is 11.5. The number of halogens is 2. The molecule has 2 aromatic carbocycles. The molecule has 1 fully saturated rings. The molecule has 2 heterocycles. The highest BCUT2D eigenvalue weighted by Gasteiger charge is 2.55. The third-order valence-electron chi connectivity index (χ3n) is 5.95. The van der Waals surface area contributed by atoms with Crippen molar-refractivity contribution in [3.63, 3.8) is 0 Å². The number of hydrogen-bond donors (Lipinski definition) is 2. The number of fused-ring (bicyclic) bond motifs is 1. The van der Waals surface area contributed by atoms with E-state index in [-0.39, 0.29) is 18.5 Å². The number of nitrogens with one attached hydrogen (secondary N) is 1. The summed E-state index contributed by atoms with van der Waals surface area (Å²) in [4.78, 5) is 1.45. The Morgan fingerprint density at radius 1 is 1.08 bits per heavy atom. The van der Waals surface area contributed by atoms with Crippen molar-refractivity contribution in [3.05, 3.63) is 64.1 Å². The van der Waals surface area contributed by atoms with Gasteiger partial charge in [-0.1, -0.05) is 46.3 Å². The van der Waals surface area contributed by atoms with E-state index in [4.69, 9.17) is 4.74 Å². The van der Waals surface area contributed by atoms with Gasteiger partial charge in [0.1, 0.15) is 11.9 Å². The largest absolute Gasteiger partial charge is 1.00 e. The quantitative estimate of drug-likeness (QED) is 0.714. The van der Waals surface area contributed by atoms with Gasteiger partial charge in [0.2, 0.25) is 0 Å². The summed E-state index contributed by atoms with van der Waals surface area (Å²) in [5.41, 5.74) is 1.62. The van der Waals surface area contributed by atoms with Crippen LogP contribution in [0.15, 0.2) is 53.0 Å². The number of quaternary nitrogens is 1. The van der Waals surface area contributed by atoms with Gasteiger partial charge in [0.15, 0.2) is 11.6 Å². The van der Waals surface area contributed by atoms with Crippen LogP contribution in [-0.2, 0) is 0 Å². The van der Waals surface area contributed by atoms with Gasteiger partial charge in [-0.3, -0.25) is 0 Å². The molecular weight excluding hydrogens is 414 g/mol. The van der Waals surface area contributed by atoms with E-state index in [1.165, 1.54) is 24.2 Å². The lowest BCUT2D eigenvalue weighted by atomic mass is 9.76. The van der Waals surface area contributed by atoms with Crippen LogP contribution < -0.4 is 22.0 Å². The number of aliphatic hydroxyl groups excluding tert-OH is 1. The van der Waals surface area contributed by atoms with Crippen molar-refractivity contribution in [1.82, 2.24) is 0 Å². The van der Waals surface area contributed by atoms with Gasteiger partial charge >= 0.3 is 0 Å². The molecule has 140 valence electrons. The highest BCUT2D eigenvalue weighted by atomic mass is 79.9. The van der Waals surface area contributed by atoms with Gasteiger partial charge in [0.25, 0.3) is 0 Å². The Morgan fingerprint density at radius 2 is 1.77 bits per heavy atom. The molecule has 0 spiro atoms. The Morgan fingerprint density at radius 3 is 2.46 bits per heavy atom. The maximum absolute atomic E-state index is 11.5. The van der Waals surface area contributed by atoms with Crippen molar-refractivity contribution in [2.24, 2.45) is 0 Å². The summed E-state index contributed by atoms with van der Waals surface area (Å²) in [6, 6.07) is 16.3. The molecule has 26 heavy (non-hydrogen) atoms. The minimum Gasteiger partial charge on any atom is -1.00 e. The fourth-order valence-corrected chi connectivity index (χ4v) is 4.87. The summed E-state index contributed by atoms with van der Waals surface area (Å²) in [6.45, 7) is 4.37. The average molecular weight is 439 g/mol. The van der Waals surface area contributed by atoms with E-state index < -0.39 is 11.6 Å². The molecule has 0 radical (unpaired) electrons.